The summed E-state index contributed by atoms with van der Waals surface area (Å²) in [7, 11) is -0.362. The normalized spacial score (nSPS) is 12.2. The monoisotopic (exact) mass is 286 g/mol. The molecule has 0 fully saturated rings. The lowest BCUT2D eigenvalue weighted by atomic mass is 10.1. The Kier molecular flexibility index (Phi) is 5.34. The molecule has 1 aromatic rings. The van der Waals surface area contributed by atoms with Crippen molar-refractivity contribution in [3.63, 3.8) is 0 Å². The molecule has 1 aromatic carbocycles. The average Bonchev–Trinajstić information content (AvgIpc) is 2.37. The van der Waals surface area contributed by atoms with E-state index in [1.807, 2.05) is 13.8 Å². The molecule has 0 amide bonds. The second-order valence-electron chi connectivity index (χ2n) is 4.63. The van der Waals surface area contributed by atoms with Crippen molar-refractivity contribution in [1.29, 1.82) is 0 Å². The Labute approximate surface area is 115 Å². The molecule has 0 aliphatic heterocycles. The van der Waals surface area contributed by atoms with Crippen LogP contribution in [0.15, 0.2) is 23.1 Å². The number of methoxy groups -OCH3 is 1. The second kappa shape index (κ2) is 6.36. The fraction of sp³-hybridized carbons (Fsp3) is 0.538. The summed E-state index contributed by atoms with van der Waals surface area (Å²) in [6, 6.07) is 4.87. The zero-order valence-electron chi connectivity index (χ0n) is 11.9. The van der Waals surface area contributed by atoms with Gasteiger partial charge in [0.15, 0.2) is 0 Å². The van der Waals surface area contributed by atoms with Gasteiger partial charge in [-0.1, -0.05) is 0 Å². The first-order chi connectivity index (χ1) is 8.84. The van der Waals surface area contributed by atoms with Crippen LogP contribution in [0.25, 0.3) is 0 Å². The van der Waals surface area contributed by atoms with Crippen LogP contribution in [0.5, 0.6) is 5.75 Å². The summed E-state index contributed by atoms with van der Waals surface area (Å²) in [6.07, 6.45) is 0.498. The van der Waals surface area contributed by atoms with Crippen LogP contribution in [0.3, 0.4) is 0 Å². The SMILES string of the molecule is COc1ccc(S(=O)(=O)N(C)C(C)C)c(CCN)c1. The molecule has 2 N–H and O–H groups in total. The van der Waals surface area contributed by atoms with Crippen molar-refractivity contribution in [3.05, 3.63) is 23.8 Å². The molecule has 6 heteroatoms. The summed E-state index contributed by atoms with van der Waals surface area (Å²) in [4.78, 5) is 0.301. The minimum atomic E-state index is -3.49. The van der Waals surface area contributed by atoms with Gasteiger partial charge >= 0.3 is 0 Å². The molecule has 0 atom stereocenters. The van der Waals surface area contributed by atoms with Crippen LogP contribution >= 0.6 is 0 Å². The van der Waals surface area contributed by atoms with E-state index in [9.17, 15) is 8.42 Å². The number of hydrogen-bond donors (Lipinski definition) is 1. The van der Waals surface area contributed by atoms with E-state index in [2.05, 4.69) is 0 Å². The Morgan fingerprint density at radius 1 is 1.37 bits per heavy atom. The number of rotatable bonds is 6. The maximum atomic E-state index is 12.5. The lowest BCUT2D eigenvalue weighted by Crippen LogP contribution is -2.33. The van der Waals surface area contributed by atoms with Crippen molar-refractivity contribution in [2.45, 2.75) is 31.2 Å². The van der Waals surface area contributed by atoms with Crippen LogP contribution in [-0.2, 0) is 16.4 Å². The highest BCUT2D eigenvalue weighted by atomic mass is 32.2. The van der Waals surface area contributed by atoms with E-state index in [-0.39, 0.29) is 6.04 Å². The van der Waals surface area contributed by atoms with Gasteiger partial charge in [-0.25, -0.2) is 8.42 Å². The third-order valence-corrected chi connectivity index (χ3v) is 5.20. The summed E-state index contributed by atoms with van der Waals surface area (Å²) in [5, 5.41) is 0. The average molecular weight is 286 g/mol. The minimum absolute atomic E-state index is 0.0992. The first-order valence-electron chi connectivity index (χ1n) is 6.19. The van der Waals surface area contributed by atoms with Crippen LogP contribution in [0.1, 0.15) is 19.4 Å². The van der Waals surface area contributed by atoms with Gasteiger partial charge in [-0.15, -0.1) is 0 Å². The van der Waals surface area contributed by atoms with E-state index in [0.717, 1.165) is 0 Å². The van der Waals surface area contributed by atoms with Crippen molar-refractivity contribution in [3.8, 4) is 5.75 Å². The number of ether oxygens (including phenoxy) is 1. The van der Waals surface area contributed by atoms with Crippen LogP contribution in [0.4, 0.5) is 0 Å². The van der Waals surface area contributed by atoms with Crippen molar-refractivity contribution in [1.82, 2.24) is 4.31 Å². The van der Waals surface area contributed by atoms with E-state index in [1.165, 1.54) is 4.31 Å². The fourth-order valence-electron chi connectivity index (χ4n) is 1.72. The topological polar surface area (TPSA) is 72.6 Å². The fourth-order valence-corrected chi connectivity index (χ4v) is 3.32. The predicted molar refractivity (Wildman–Crippen MR) is 75.8 cm³/mol. The van der Waals surface area contributed by atoms with Crippen molar-refractivity contribution < 1.29 is 13.2 Å². The van der Waals surface area contributed by atoms with E-state index in [4.69, 9.17) is 10.5 Å². The maximum Gasteiger partial charge on any atom is 0.243 e. The molecule has 0 saturated heterocycles. The van der Waals surface area contributed by atoms with Crippen LogP contribution in [0, 0.1) is 0 Å². The van der Waals surface area contributed by atoms with Gasteiger partial charge in [0.25, 0.3) is 0 Å². The molecule has 108 valence electrons. The predicted octanol–water partition coefficient (Wildman–Crippen LogP) is 1.23. The molecule has 0 aliphatic carbocycles. The Balaban J connectivity index is 3.33. The Morgan fingerprint density at radius 3 is 2.47 bits per heavy atom. The quantitative estimate of drug-likeness (QED) is 0.853. The van der Waals surface area contributed by atoms with Gasteiger partial charge in [0.1, 0.15) is 5.75 Å². The zero-order valence-corrected chi connectivity index (χ0v) is 12.7. The molecule has 1 rings (SSSR count). The lowest BCUT2D eigenvalue weighted by molar-refractivity contribution is 0.407. The molecule has 0 saturated carbocycles. The first kappa shape index (κ1) is 15.9. The largest absolute Gasteiger partial charge is 0.497 e. The standard InChI is InChI=1S/C13H22N2O3S/c1-10(2)15(3)19(16,17)13-6-5-12(18-4)9-11(13)7-8-14/h5-6,9-10H,7-8,14H2,1-4H3. The molecule has 0 radical (unpaired) electrons. The first-order valence-corrected chi connectivity index (χ1v) is 7.63. The van der Waals surface area contributed by atoms with E-state index in [0.29, 0.717) is 29.2 Å². The highest BCUT2D eigenvalue weighted by molar-refractivity contribution is 7.89. The smallest absolute Gasteiger partial charge is 0.243 e. The van der Waals surface area contributed by atoms with Gasteiger partial charge in [-0.2, -0.15) is 4.31 Å². The highest BCUT2D eigenvalue weighted by Crippen LogP contribution is 2.25. The number of nitrogens with two attached hydrogens (primary N) is 1. The van der Waals surface area contributed by atoms with Gasteiger partial charge in [0, 0.05) is 13.1 Å². The van der Waals surface area contributed by atoms with E-state index in [1.54, 1.807) is 32.4 Å². The van der Waals surface area contributed by atoms with Crippen LogP contribution < -0.4 is 10.5 Å². The number of sulfonamides is 1. The lowest BCUT2D eigenvalue weighted by Gasteiger charge is -2.22. The Morgan fingerprint density at radius 2 is 2.00 bits per heavy atom. The molecular weight excluding hydrogens is 264 g/mol. The summed E-state index contributed by atoms with van der Waals surface area (Å²) in [5.41, 5.74) is 6.24. The van der Waals surface area contributed by atoms with Gasteiger partial charge < -0.3 is 10.5 Å². The van der Waals surface area contributed by atoms with Gasteiger partial charge in [0.2, 0.25) is 10.0 Å². The van der Waals surface area contributed by atoms with Crippen molar-refractivity contribution in [2.24, 2.45) is 5.73 Å². The Bertz CT molecular complexity index is 527. The highest BCUT2D eigenvalue weighted by Gasteiger charge is 2.25. The second-order valence-corrected chi connectivity index (χ2v) is 6.59. The number of benzene rings is 1. The number of hydrogen-bond acceptors (Lipinski definition) is 4. The Hall–Kier alpha value is -1.11. The van der Waals surface area contributed by atoms with Gasteiger partial charge in [-0.05, 0) is 50.6 Å². The minimum Gasteiger partial charge on any atom is -0.497 e. The molecule has 0 aliphatic rings. The third-order valence-electron chi connectivity index (χ3n) is 3.07. The third kappa shape index (κ3) is 3.46. The van der Waals surface area contributed by atoms with Crippen LogP contribution in [0.2, 0.25) is 0 Å². The summed E-state index contributed by atoms with van der Waals surface area (Å²) in [6.45, 7) is 4.06. The molecule has 19 heavy (non-hydrogen) atoms. The molecule has 0 spiro atoms. The molecule has 5 nitrogen and oxygen atoms in total. The van der Waals surface area contributed by atoms with Gasteiger partial charge in [-0.3, -0.25) is 0 Å². The van der Waals surface area contributed by atoms with E-state index < -0.39 is 10.0 Å². The summed E-state index contributed by atoms with van der Waals surface area (Å²) < 4.78 is 31.5. The van der Waals surface area contributed by atoms with Crippen molar-refractivity contribution in [2.75, 3.05) is 20.7 Å². The molecule has 0 unspecified atom stereocenters. The molecular formula is C13H22N2O3S. The molecule has 0 aromatic heterocycles. The zero-order chi connectivity index (χ0) is 14.6. The van der Waals surface area contributed by atoms with Gasteiger partial charge in [0.05, 0.1) is 12.0 Å². The van der Waals surface area contributed by atoms with Crippen molar-refractivity contribution >= 4 is 10.0 Å². The van der Waals surface area contributed by atoms with E-state index >= 15 is 0 Å². The summed E-state index contributed by atoms with van der Waals surface area (Å²) in [5.74, 6) is 0.634. The number of nitrogens with zero attached hydrogens (tertiary/aromatic N) is 1. The molecule has 0 bridgehead atoms. The maximum absolute atomic E-state index is 12.5. The van der Waals surface area contributed by atoms with Crippen LogP contribution in [-0.4, -0.2) is 39.5 Å². The molecule has 0 heterocycles. The summed E-state index contributed by atoms with van der Waals surface area (Å²) >= 11 is 0.